The summed E-state index contributed by atoms with van der Waals surface area (Å²) in [6.07, 6.45) is 1.66. The lowest BCUT2D eigenvalue weighted by Gasteiger charge is -2.42. The molecule has 2 fully saturated rings. The lowest BCUT2D eigenvalue weighted by Crippen LogP contribution is -2.50. The molecule has 0 radical (unpaired) electrons. The lowest BCUT2D eigenvalue weighted by atomic mass is 9.92. The number of aliphatic hydroxyl groups excluding tert-OH is 1. The van der Waals surface area contributed by atoms with Crippen LogP contribution in [0, 0.1) is 0 Å². The van der Waals surface area contributed by atoms with Gasteiger partial charge in [-0.15, -0.1) is 0 Å². The Kier molecular flexibility index (Phi) is 5.50. The van der Waals surface area contributed by atoms with Gasteiger partial charge in [0.1, 0.15) is 5.03 Å². The van der Waals surface area contributed by atoms with E-state index in [1.807, 2.05) is 47.4 Å². The number of aromatic nitrogens is 1. The van der Waals surface area contributed by atoms with Crippen LogP contribution in [-0.2, 0) is 4.79 Å². The molecule has 1 aromatic carbocycles. The second kappa shape index (κ2) is 8.02. The predicted octanol–water partition coefficient (Wildman–Crippen LogP) is 2.97. The Morgan fingerprint density at radius 2 is 1.81 bits per heavy atom. The van der Waals surface area contributed by atoms with Crippen LogP contribution in [0.3, 0.4) is 0 Å². The van der Waals surface area contributed by atoms with Crippen LogP contribution in [0.5, 0.6) is 0 Å². The van der Waals surface area contributed by atoms with Crippen molar-refractivity contribution in [2.45, 2.75) is 10.9 Å². The minimum Gasteiger partial charge on any atom is -0.395 e. The van der Waals surface area contributed by atoms with E-state index < -0.39 is 5.92 Å². The van der Waals surface area contributed by atoms with Crippen molar-refractivity contribution < 1.29 is 9.90 Å². The number of hydrogen-bond donors (Lipinski definition) is 1. The van der Waals surface area contributed by atoms with E-state index in [-0.39, 0.29) is 12.5 Å². The number of aliphatic hydroxyl groups is 1. The Morgan fingerprint density at radius 3 is 2.44 bits per heavy atom. The number of likely N-dealkylation sites (tertiary alicyclic amines) is 1. The first-order chi connectivity index (χ1) is 13.1. The molecule has 2 saturated heterocycles. The van der Waals surface area contributed by atoms with Crippen LogP contribution in [0.2, 0.25) is 5.02 Å². The molecule has 140 valence electrons. The average Bonchev–Trinajstić information content (AvgIpc) is 2.61. The predicted molar refractivity (Wildman–Crippen MR) is 107 cm³/mol. The van der Waals surface area contributed by atoms with E-state index in [9.17, 15) is 9.90 Å². The maximum atomic E-state index is 12.7. The minimum atomic E-state index is -0.470. The number of nitrogens with zero attached hydrogens (tertiary/aromatic N) is 3. The molecular weight excluding hydrogens is 382 g/mol. The summed E-state index contributed by atoms with van der Waals surface area (Å²) in [5.41, 5.74) is 3.61. The van der Waals surface area contributed by atoms with E-state index >= 15 is 0 Å². The maximum absolute atomic E-state index is 12.7. The number of rotatable bonds is 5. The van der Waals surface area contributed by atoms with E-state index in [4.69, 9.17) is 11.6 Å². The highest BCUT2D eigenvalue weighted by Gasteiger charge is 2.35. The standard InChI is InChI=1S/C20H20ClN3O2S/c21-17-6-7-19(22-8-17)27-24-11-16(12-24)15-9-23(10-15)20(26)18(13-25)14-4-2-1-3-5-14/h1-8,18,25H,9-13H2. The van der Waals surface area contributed by atoms with Gasteiger partial charge in [0.05, 0.1) is 17.5 Å². The van der Waals surface area contributed by atoms with E-state index in [1.54, 1.807) is 18.1 Å². The molecule has 2 aliphatic rings. The molecule has 1 unspecified atom stereocenters. The smallest absolute Gasteiger partial charge is 0.233 e. The number of amides is 1. The summed E-state index contributed by atoms with van der Waals surface area (Å²) in [4.78, 5) is 18.8. The number of carbonyl (C=O) groups is 1. The first-order valence-corrected chi connectivity index (χ1v) is 9.98. The van der Waals surface area contributed by atoms with Crippen molar-refractivity contribution in [2.75, 3.05) is 32.8 Å². The van der Waals surface area contributed by atoms with Gasteiger partial charge in [0.2, 0.25) is 5.91 Å². The fourth-order valence-electron chi connectivity index (χ4n) is 3.24. The third-order valence-corrected chi connectivity index (χ3v) is 6.08. The molecule has 2 aromatic rings. The highest BCUT2D eigenvalue weighted by Crippen LogP contribution is 2.34. The lowest BCUT2D eigenvalue weighted by molar-refractivity contribution is -0.135. The number of halogens is 1. The molecule has 5 nitrogen and oxygen atoms in total. The molecule has 3 heterocycles. The fraction of sp³-hybridized carbons (Fsp3) is 0.300. The monoisotopic (exact) mass is 401 g/mol. The summed E-state index contributed by atoms with van der Waals surface area (Å²) in [5.74, 6) is -0.467. The van der Waals surface area contributed by atoms with Gasteiger partial charge in [-0.2, -0.15) is 0 Å². The maximum Gasteiger partial charge on any atom is 0.233 e. The van der Waals surface area contributed by atoms with Crippen molar-refractivity contribution in [3.63, 3.8) is 0 Å². The highest BCUT2D eigenvalue weighted by atomic mass is 35.5. The Labute approximate surface area is 167 Å². The largest absolute Gasteiger partial charge is 0.395 e. The molecule has 1 aromatic heterocycles. The molecule has 0 aliphatic carbocycles. The first-order valence-electron chi connectivity index (χ1n) is 8.83. The minimum absolute atomic E-state index is 0.00367. The van der Waals surface area contributed by atoms with Crippen molar-refractivity contribution >= 4 is 29.5 Å². The Hall–Kier alpha value is -1.86. The molecule has 7 heteroatoms. The second-order valence-electron chi connectivity index (χ2n) is 6.75. The van der Waals surface area contributed by atoms with Gasteiger partial charge in [0, 0.05) is 32.4 Å². The molecule has 0 bridgehead atoms. The SMILES string of the molecule is O=C(C(CO)c1ccccc1)N1CC(=C2CN(Sc3ccc(Cl)cn3)C2)C1. The fourth-order valence-corrected chi connectivity index (χ4v) is 4.29. The zero-order valence-corrected chi connectivity index (χ0v) is 16.3. The molecule has 27 heavy (non-hydrogen) atoms. The van der Waals surface area contributed by atoms with Crippen molar-refractivity contribution in [2.24, 2.45) is 0 Å². The van der Waals surface area contributed by atoms with Crippen LogP contribution in [-0.4, -0.2) is 58.0 Å². The van der Waals surface area contributed by atoms with Crippen molar-refractivity contribution in [1.29, 1.82) is 0 Å². The first kappa shape index (κ1) is 18.5. The van der Waals surface area contributed by atoms with Gasteiger partial charge in [-0.3, -0.25) is 4.79 Å². The van der Waals surface area contributed by atoms with E-state index in [1.165, 1.54) is 11.1 Å². The van der Waals surface area contributed by atoms with Crippen molar-refractivity contribution in [1.82, 2.24) is 14.2 Å². The molecule has 2 aliphatic heterocycles. The highest BCUT2D eigenvalue weighted by molar-refractivity contribution is 7.97. The summed E-state index contributed by atoms with van der Waals surface area (Å²) < 4.78 is 2.24. The van der Waals surface area contributed by atoms with Gasteiger partial charge in [0.15, 0.2) is 0 Å². The average molecular weight is 402 g/mol. The van der Waals surface area contributed by atoms with Crippen molar-refractivity contribution in [3.05, 3.63) is 70.4 Å². The van der Waals surface area contributed by atoms with E-state index in [0.29, 0.717) is 18.1 Å². The Balaban J connectivity index is 1.29. The summed E-state index contributed by atoms with van der Waals surface area (Å²) in [5, 5.41) is 11.2. The summed E-state index contributed by atoms with van der Waals surface area (Å²) in [6.45, 7) is 2.98. The van der Waals surface area contributed by atoms with Crippen molar-refractivity contribution in [3.8, 4) is 0 Å². The van der Waals surface area contributed by atoms with E-state index in [0.717, 1.165) is 23.7 Å². The molecule has 1 amide bonds. The van der Waals surface area contributed by atoms with Gasteiger partial charge in [0.25, 0.3) is 0 Å². The topological polar surface area (TPSA) is 56.7 Å². The Morgan fingerprint density at radius 1 is 1.11 bits per heavy atom. The molecule has 4 rings (SSSR count). The normalized spacial score (nSPS) is 18.1. The quantitative estimate of drug-likeness (QED) is 0.616. The zero-order valence-electron chi connectivity index (χ0n) is 14.7. The molecule has 1 atom stereocenters. The van der Waals surface area contributed by atoms with Gasteiger partial charge in [-0.25, -0.2) is 9.29 Å². The number of carbonyl (C=O) groups excluding carboxylic acids is 1. The third kappa shape index (κ3) is 4.04. The molecule has 1 N–H and O–H groups in total. The van der Waals surface area contributed by atoms with Gasteiger partial charge in [-0.05, 0) is 40.8 Å². The molecule has 0 saturated carbocycles. The third-order valence-electron chi connectivity index (χ3n) is 4.92. The zero-order chi connectivity index (χ0) is 18.8. The van der Waals surface area contributed by atoms with Gasteiger partial charge >= 0.3 is 0 Å². The summed E-state index contributed by atoms with van der Waals surface area (Å²) in [6, 6.07) is 13.2. The van der Waals surface area contributed by atoms with E-state index in [2.05, 4.69) is 9.29 Å². The van der Waals surface area contributed by atoms with Crippen LogP contribution in [0.1, 0.15) is 11.5 Å². The molecule has 0 spiro atoms. The van der Waals surface area contributed by atoms with Gasteiger partial charge < -0.3 is 10.0 Å². The number of benzene rings is 1. The van der Waals surface area contributed by atoms with Crippen LogP contribution < -0.4 is 0 Å². The summed E-state index contributed by atoms with van der Waals surface area (Å²) >= 11 is 7.48. The van der Waals surface area contributed by atoms with Crippen LogP contribution in [0.4, 0.5) is 0 Å². The van der Waals surface area contributed by atoms with Gasteiger partial charge in [-0.1, -0.05) is 41.9 Å². The second-order valence-corrected chi connectivity index (χ2v) is 8.30. The van der Waals surface area contributed by atoms with Crippen LogP contribution in [0.25, 0.3) is 0 Å². The number of pyridine rings is 1. The number of hydrogen-bond acceptors (Lipinski definition) is 5. The van der Waals surface area contributed by atoms with Crippen LogP contribution in [0.15, 0.2) is 64.8 Å². The summed E-state index contributed by atoms with van der Waals surface area (Å²) in [7, 11) is 0. The molecular formula is C20H20ClN3O2S. The van der Waals surface area contributed by atoms with Crippen LogP contribution >= 0.6 is 23.5 Å². The Bertz CT molecular complexity index is 841.